The Kier molecular flexibility index (Phi) is 4.82. The average Bonchev–Trinajstić information content (AvgIpc) is 2.41. The van der Waals surface area contributed by atoms with Gasteiger partial charge in [0.2, 0.25) is 0 Å². The molecule has 0 heterocycles. The first-order valence-electron chi connectivity index (χ1n) is 7.65. The standard InChI is InChI=1S/C17H25ClN2O/c1-17(2,3)12-6-4-5-7-15(12)20-16(21)11-8-9-13(18)14(19)10-11/h8-10,12,15H,4-7,19H2,1-3H3,(H,20,21). The van der Waals surface area contributed by atoms with Gasteiger partial charge in [-0.2, -0.15) is 0 Å². The zero-order valence-electron chi connectivity index (χ0n) is 13.1. The number of rotatable bonds is 2. The first-order valence-corrected chi connectivity index (χ1v) is 8.02. The van der Waals surface area contributed by atoms with Crippen LogP contribution in [0.1, 0.15) is 56.8 Å². The lowest BCUT2D eigenvalue weighted by Crippen LogP contribution is -2.46. The van der Waals surface area contributed by atoms with E-state index in [1.807, 2.05) is 0 Å². The monoisotopic (exact) mass is 308 g/mol. The van der Waals surface area contributed by atoms with Gasteiger partial charge in [-0.05, 0) is 42.4 Å². The maximum Gasteiger partial charge on any atom is 0.251 e. The van der Waals surface area contributed by atoms with Crippen LogP contribution in [0.3, 0.4) is 0 Å². The Labute approximate surface area is 132 Å². The van der Waals surface area contributed by atoms with Crippen LogP contribution >= 0.6 is 11.6 Å². The van der Waals surface area contributed by atoms with Gasteiger partial charge in [0.15, 0.2) is 0 Å². The van der Waals surface area contributed by atoms with Crippen molar-refractivity contribution in [2.45, 2.75) is 52.5 Å². The Morgan fingerprint density at radius 2 is 1.95 bits per heavy atom. The lowest BCUT2D eigenvalue weighted by molar-refractivity contribution is 0.0830. The normalized spacial score (nSPS) is 22.9. The third-order valence-corrected chi connectivity index (χ3v) is 4.80. The first-order chi connectivity index (χ1) is 9.79. The number of nitrogens with two attached hydrogens (primary N) is 1. The number of halogens is 1. The average molecular weight is 309 g/mol. The maximum absolute atomic E-state index is 12.4. The number of benzene rings is 1. The lowest BCUT2D eigenvalue weighted by Gasteiger charge is -2.40. The van der Waals surface area contributed by atoms with E-state index in [9.17, 15) is 4.79 Å². The zero-order valence-corrected chi connectivity index (χ0v) is 13.8. The third-order valence-electron chi connectivity index (χ3n) is 4.45. The van der Waals surface area contributed by atoms with Crippen molar-refractivity contribution in [1.29, 1.82) is 0 Å². The first kappa shape index (κ1) is 16.2. The van der Waals surface area contributed by atoms with Crippen LogP contribution in [0.4, 0.5) is 5.69 Å². The smallest absolute Gasteiger partial charge is 0.251 e. The Morgan fingerprint density at radius 3 is 2.57 bits per heavy atom. The minimum atomic E-state index is -0.0560. The molecule has 1 aliphatic rings. The summed E-state index contributed by atoms with van der Waals surface area (Å²) in [5, 5.41) is 3.68. The fraction of sp³-hybridized carbons (Fsp3) is 0.588. The summed E-state index contributed by atoms with van der Waals surface area (Å²) in [5.41, 5.74) is 7.01. The summed E-state index contributed by atoms with van der Waals surface area (Å²) in [6, 6.07) is 5.28. The molecule has 0 bridgehead atoms. The number of carbonyl (C=O) groups is 1. The molecule has 1 fully saturated rings. The van der Waals surface area contributed by atoms with Crippen molar-refractivity contribution in [2.24, 2.45) is 11.3 Å². The highest BCUT2D eigenvalue weighted by atomic mass is 35.5. The SMILES string of the molecule is CC(C)(C)C1CCCCC1NC(=O)c1ccc(Cl)c(N)c1. The van der Waals surface area contributed by atoms with E-state index >= 15 is 0 Å². The zero-order chi connectivity index (χ0) is 15.6. The van der Waals surface area contributed by atoms with Gasteiger partial charge in [0.1, 0.15) is 0 Å². The highest BCUT2D eigenvalue weighted by Crippen LogP contribution is 2.38. The fourth-order valence-corrected chi connectivity index (χ4v) is 3.39. The van der Waals surface area contributed by atoms with Crippen LogP contribution in [-0.4, -0.2) is 11.9 Å². The van der Waals surface area contributed by atoms with Crippen LogP contribution in [0, 0.1) is 11.3 Å². The van der Waals surface area contributed by atoms with E-state index in [1.165, 1.54) is 19.3 Å². The van der Waals surface area contributed by atoms with Crippen LogP contribution in [0.15, 0.2) is 18.2 Å². The molecule has 0 radical (unpaired) electrons. The Hall–Kier alpha value is -1.22. The van der Waals surface area contributed by atoms with E-state index in [1.54, 1.807) is 18.2 Å². The molecular formula is C17H25ClN2O. The minimum Gasteiger partial charge on any atom is -0.398 e. The number of carbonyl (C=O) groups excluding carboxylic acids is 1. The van der Waals surface area contributed by atoms with Crippen molar-refractivity contribution in [3.8, 4) is 0 Å². The van der Waals surface area contributed by atoms with Gasteiger partial charge in [-0.15, -0.1) is 0 Å². The van der Waals surface area contributed by atoms with Gasteiger partial charge in [-0.1, -0.05) is 45.2 Å². The molecule has 1 aromatic carbocycles. The van der Waals surface area contributed by atoms with Gasteiger partial charge in [0.05, 0.1) is 10.7 Å². The predicted molar refractivity (Wildman–Crippen MR) is 88.5 cm³/mol. The summed E-state index contributed by atoms with van der Waals surface area (Å²) >= 11 is 5.90. The Balaban J connectivity index is 2.11. The molecule has 2 atom stereocenters. The molecule has 1 aliphatic carbocycles. The van der Waals surface area contributed by atoms with Gasteiger partial charge >= 0.3 is 0 Å². The fourth-order valence-electron chi connectivity index (χ4n) is 3.28. The van der Waals surface area contributed by atoms with Crippen molar-refractivity contribution in [3.05, 3.63) is 28.8 Å². The summed E-state index contributed by atoms with van der Waals surface area (Å²) in [5.74, 6) is 0.458. The molecule has 4 heteroatoms. The highest BCUT2D eigenvalue weighted by Gasteiger charge is 2.34. The van der Waals surface area contributed by atoms with E-state index < -0.39 is 0 Å². The molecule has 2 rings (SSSR count). The van der Waals surface area contributed by atoms with Crippen molar-refractivity contribution in [3.63, 3.8) is 0 Å². The van der Waals surface area contributed by atoms with Crippen molar-refractivity contribution in [1.82, 2.24) is 5.32 Å². The van der Waals surface area contributed by atoms with Gasteiger partial charge in [-0.3, -0.25) is 4.79 Å². The van der Waals surface area contributed by atoms with E-state index in [0.29, 0.717) is 22.2 Å². The van der Waals surface area contributed by atoms with E-state index in [-0.39, 0.29) is 17.4 Å². The Bertz CT molecular complexity index is 522. The molecule has 1 aromatic rings. The molecule has 0 aliphatic heterocycles. The molecule has 2 unspecified atom stereocenters. The van der Waals surface area contributed by atoms with Crippen LogP contribution < -0.4 is 11.1 Å². The summed E-state index contributed by atoms with van der Waals surface area (Å²) in [7, 11) is 0. The molecule has 1 saturated carbocycles. The van der Waals surface area contributed by atoms with Gasteiger partial charge in [0.25, 0.3) is 5.91 Å². The van der Waals surface area contributed by atoms with Crippen LogP contribution in [0.2, 0.25) is 5.02 Å². The topological polar surface area (TPSA) is 55.1 Å². The van der Waals surface area contributed by atoms with Crippen LogP contribution in [0.25, 0.3) is 0 Å². The molecule has 116 valence electrons. The van der Waals surface area contributed by atoms with Gasteiger partial charge in [0, 0.05) is 11.6 Å². The Morgan fingerprint density at radius 1 is 1.29 bits per heavy atom. The van der Waals surface area contributed by atoms with Crippen molar-refractivity contribution in [2.75, 3.05) is 5.73 Å². The maximum atomic E-state index is 12.4. The number of nitrogen functional groups attached to an aromatic ring is 1. The molecule has 3 nitrogen and oxygen atoms in total. The molecule has 0 spiro atoms. The van der Waals surface area contributed by atoms with Crippen molar-refractivity contribution < 1.29 is 4.79 Å². The second-order valence-electron chi connectivity index (χ2n) is 7.07. The van der Waals surface area contributed by atoms with E-state index in [4.69, 9.17) is 17.3 Å². The van der Waals surface area contributed by atoms with Crippen LogP contribution in [-0.2, 0) is 0 Å². The number of hydrogen-bond donors (Lipinski definition) is 2. The molecular weight excluding hydrogens is 284 g/mol. The van der Waals surface area contributed by atoms with Gasteiger partial charge in [-0.25, -0.2) is 0 Å². The van der Waals surface area contributed by atoms with Crippen molar-refractivity contribution >= 4 is 23.2 Å². The number of nitrogens with one attached hydrogen (secondary N) is 1. The predicted octanol–water partition coefficient (Wildman–Crippen LogP) is 4.26. The largest absolute Gasteiger partial charge is 0.398 e. The number of anilines is 1. The third kappa shape index (κ3) is 3.91. The molecule has 0 aromatic heterocycles. The lowest BCUT2D eigenvalue weighted by atomic mass is 9.69. The summed E-state index contributed by atoms with van der Waals surface area (Å²) in [4.78, 5) is 12.4. The van der Waals surface area contributed by atoms with E-state index in [2.05, 4.69) is 26.1 Å². The summed E-state index contributed by atoms with van der Waals surface area (Å²) in [6.45, 7) is 6.76. The quantitative estimate of drug-likeness (QED) is 0.802. The summed E-state index contributed by atoms with van der Waals surface area (Å²) in [6.07, 6.45) is 4.66. The number of hydrogen-bond acceptors (Lipinski definition) is 2. The van der Waals surface area contributed by atoms with Gasteiger partial charge < -0.3 is 11.1 Å². The van der Waals surface area contributed by atoms with Crippen LogP contribution in [0.5, 0.6) is 0 Å². The van der Waals surface area contributed by atoms with E-state index in [0.717, 1.165) is 6.42 Å². The molecule has 1 amide bonds. The molecule has 21 heavy (non-hydrogen) atoms. The molecule has 0 saturated heterocycles. The minimum absolute atomic E-state index is 0.0560. The second kappa shape index (κ2) is 6.27. The summed E-state index contributed by atoms with van der Waals surface area (Å²) < 4.78 is 0. The second-order valence-corrected chi connectivity index (χ2v) is 7.48. The highest BCUT2D eigenvalue weighted by molar-refractivity contribution is 6.33. The number of amides is 1. The molecule has 3 N–H and O–H groups in total.